The molecule has 0 unspecified atom stereocenters. The molecule has 0 aliphatic carbocycles. The molecule has 1 nitrogen and oxygen atoms in total. The van der Waals surface area contributed by atoms with E-state index < -0.39 is 0 Å². The summed E-state index contributed by atoms with van der Waals surface area (Å²) in [5.74, 6) is 0. The maximum atomic E-state index is 3.70. The van der Waals surface area contributed by atoms with Crippen molar-refractivity contribution in [2.45, 2.75) is 12.8 Å². The summed E-state index contributed by atoms with van der Waals surface area (Å²) in [4.78, 5) is 3.07. The highest BCUT2D eigenvalue weighted by molar-refractivity contribution is 5.26. The van der Waals surface area contributed by atoms with E-state index in [-0.39, 0.29) is 0 Å². The SMILES string of the molecule is C=CCc1c[nH]cc1CC=C. The Hall–Kier alpha value is -1.24. The standard InChI is InChI=1S/C10H13N/c1-3-5-9-7-11-8-10(9)6-4-2/h3-4,7-8,11H,1-2,5-6H2. The molecule has 0 bridgehead atoms. The number of nitrogens with one attached hydrogen (secondary N) is 1. The lowest BCUT2D eigenvalue weighted by molar-refractivity contribution is 1.18. The Morgan fingerprint density at radius 2 is 1.55 bits per heavy atom. The fourth-order valence-corrected chi connectivity index (χ4v) is 1.12. The molecule has 1 heteroatoms. The molecule has 58 valence electrons. The number of hydrogen-bond acceptors (Lipinski definition) is 0. The van der Waals surface area contributed by atoms with Gasteiger partial charge in [0.05, 0.1) is 0 Å². The Morgan fingerprint density at radius 3 is 1.91 bits per heavy atom. The molecule has 0 aliphatic heterocycles. The lowest BCUT2D eigenvalue weighted by atomic mass is 10.1. The van der Waals surface area contributed by atoms with Crippen LogP contribution in [0.3, 0.4) is 0 Å². The fourth-order valence-electron chi connectivity index (χ4n) is 1.12. The van der Waals surface area contributed by atoms with Crippen LogP contribution in [-0.2, 0) is 12.8 Å². The third-order valence-electron chi connectivity index (χ3n) is 1.66. The van der Waals surface area contributed by atoms with E-state index >= 15 is 0 Å². The Morgan fingerprint density at radius 1 is 1.09 bits per heavy atom. The van der Waals surface area contributed by atoms with Crippen LogP contribution in [0.2, 0.25) is 0 Å². The van der Waals surface area contributed by atoms with Gasteiger partial charge in [-0.25, -0.2) is 0 Å². The first kappa shape index (κ1) is 7.86. The van der Waals surface area contributed by atoms with E-state index in [1.807, 2.05) is 24.5 Å². The molecule has 0 atom stereocenters. The minimum Gasteiger partial charge on any atom is -0.367 e. The third kappa shape index (κ3) is 1.84. The van der Waals surface area contributed by atoms with Gasteiger partial charge in [-0.15, -0.1) is 13.2 Å². The summed E-state index contributed by atoms with van der Waals surface area (Å²) in [6, 6.07) is 0. The molecule has 11 heavy (non-hydrogen) atoms. The highest BCUT2D eigenvalue weighted by Crippen LogP contribution is 2.09. The van der Waals surface area contributed by atoms with Crippen molar-refractivity contribution in [1.82, 2.24) is 4.98 Å². The largest absolute Gasteiger partial charge is 0.367 e. The third-order valence-corrected chi connectivity index (χ3v) is 1.66. The summed E-state index contributed by atoms with van der Waals surface area (Å²) in [5.41, 5.74) is 2.64. The Balaban J connectivity index is 2.76. The normalized spacial score (nSPS) is 9.45. The summed E-state index contributed by atoms with van der Waals surface area (Å²) in [5, 5.41) is 0. The average molecular weight is 147 g/mol. The van der Waals surface area contributed by atoms with E-state index in [0.29, 0.717) is 0 Å². The highest BCUT2D eigenvalue weighted by atomic mass is 14.6. The molecule has 0 aromatic carbocycles. The van der Waals surface area contributed by atoms with Gasteiger partial charge in [0.2, 0.25) is 0 Å². The van der Waals surface area contributed by atoms with Crippen molar-refractivity contribution in [3.8, 4) is 0 Å². The van der Waals surface area contributed by atoms with Gasteiger partial charge >= 0.3 is 0 Å². The molecule has 0 saturated heterocycles. The molecule has 1 rings (SSSR count). The topological polar surface area (TPSA) is 15.8 Å². The Bertz CT molecular complexity index is 221. The number of aromatic amines is 1. The molecule has 1 N–H and O–H groups in total. The van der Waals surface area contributed by atoms with Gasteiger partial charge in [0.15, 0.2) is 0 Å². The van der Waals surface area contributed by atoms with Crippen LogP contribution in [0, 0.1) is 0 Å². The molecule has 1 aromatic rings. The van der Waals surface area contributed by atoms with Crippen LogP contribution >= 0.6 is 0 Å². The maximum Gasteiger partial charge on any atom is 0.00434 e. The monoisotopic (exact) mass is 147 g/mol. The molecule has 1 aromatic heterocycles. The predicted octanol–water partition coefficient (Wildman–Crippen LogP) is 2.47. The van der Waals surface area contributed by atoms with Crippen LogP contribution in [0.15, 0.2) is 37.7 Å². The second-order valence-electron chi connectivity index (χ2n) is 2.49. The van der Waals surface area contributed by atoms with Crippen molar-refractivity contribution in [2.75, 3.05) is 0 Å². The Labute approximate surface area is 67.5 Å². The van der Waals surface area contributed by atoms with Crippen molar-refractivity contribution >= 4 is 0 Å². The fraction of sp³-hybridized carbons (Fsp3) is 0.200. The zero-order valence-corrected chi connectivity index (χ0v) is 6.64. The van der Waals surface area contributed by atoms with Crippen molar-refractivity contribution in [1.29, 1.82) is 0 Å². The molecule has 0 spiro atoms. The van der Waals surface area contributed by atoms with E-state index in [4.69, 9.17) is 0 Å². The second-order valence-corrected chi connectivity index (χ2v) is 2.49. The van der Waals surface area contributed by atoms with Crippen LogP contribution in [0.25, 0.3) is 0 Å². The van der Waals surface area contributed by atoms with Gasteiger partial charge in [-0.3, -0.25) is 0 Å². The van der Waals surface area contributed by atoms with Gasteiger partial charge in [0.25, 0.3) is 0 Å². The van der Waals surface area contributed by atoms with Gasteiger partial charge in [0.1, 0.15) is 0 Å². The van der Waals surface area contributed by atoms with Gasteiger partial charge in [-0.1, -0.05) is 12.2 Å². The lowest BCUT2D eigenvalue weighted by Gasteiger charge is -1.94. The van der Waals surface area contributed by atoms with Crippen molar-refractivity contribution in [3.63, 3.8) is 0 Å². The summed E-state index contributed by atoms with van der Waals surface area (Å²) in [7, 11) is 0. The van der Waals surface area contributed by atoms with E-state index in [2.05, 4.69) is 18.1 Å². The number of H-pyrrole nitrogens is 1. The van der Waals surface area contributed by atoms with Crippen molar-refractivity contribution in [2.24, 2.45) is 0 Å². The maximum absolute atomic E-state index is 3.70. The second kappa shape index (κ2) is 3.81. The molecule has 0 aliphatic rings. The summed E-state index contributed by atoms with van der Waals surface area (Å²) in [6.45, 7) is 7.39. The molecular formula is C10H13N. The van der Waals surface area contributed by atoms with Gasteiger partial charge < -0.3 is 4.98 Å². The molecule has 0 amide bonds. The van der Waals surface area contributed by atoms with Gasteiger partial charge in [-0.05, 0) is 24.0 Å². The highest BCUT2D eigenvalue weighted by Gasteiger charge is 1.98. The molecule has 0 saturated carbocycles. The van der Waals surface area contributed by atoms with Crippen LogP contribution in [0.5, 0.6) is 0 Å². The molecule has 0 radical (unpaired) electrons. The number of aromatic nitrogens is 1. The minimum absolute atomic E-state index is 0.937. The molecular weight excluding hydrogens is 134 g/mol. The predicted molar refractivity (Wildman–Crippen MR) is 48.6 cm³/mol. The van der Waals surface area contributed by atoms with Crippen molar-refractivity contribution in [3.05, 3.63) is 48.8 Å². The lowest BCUT2D eigenvalue weighted by Crippen LogP contribution is -1.84. The Kier molecular flexibility index (Phi) is 2.73. The minimum atomic E-state index is 0.937. The quantitative estimate of drug-likeness (QED) is 0.630. The van der Waals surface area contributed by atoms with Crippen LogP contribution < -0.4 is 0 Å². The van der Waals surface area contributed by atoms with Crippen LogP contribution in [-0.4, -0.2) is 4.98 Å². The summed E-state index contributed by atoms with van der Waals surface area (Å²) >= 11 is 0. The van der Waals surface area contributed by atoms with E-state index in [0.717, 1.165) is 12.8 Å². The van der Waals surface area contributed by atoms with E-state index in [1.165, 1.54) is 11.1 Å². The average Bonchev–Trinajstić information content (AvgIpc) is 2.39. The zero-order chi connectivity index (χ0) is 8.10. The van der Waals surface area contributed by atoms with Crippen LogP contribution in [0.1, 0.15) is 11.1 Å². The van der Waals surface area contributed by atoms with E-state index in [9.17, 15) is 0 Å². The van der Waals surface area contributed by atoms with Crippen molar-refractivity contribution < 1.29 is 0 Å². The first-order valence-corrected chi connectivity index (χ1v) is 3.74. The van der Waals surface area contributed by atoms with Gasteiger partial charge in [-0.2, -0.15) is 0 Å². The van der Waals surface area contributed by atoms with Crippen LogP contribution in [0.4, 0.5) is 0 Å². The smallest absolute Gasteiger partial charge is 0.00434 e. The number of rotatable bonds is 4. The first-order valence-electron chi connectivity index (χ1n) is 3.74. The first-order chi connectivity index (χ1) is 5.38. The molecule has 1 heterocycles. The van der Waals surface area contributed by atoms with E-state index in [1.54, 1.807) is 0 Å². The number of allylic oxidation sites excluding steroid dienone is 2. The summed E-state index contributed by atoms with van der Waals surface area (Å²) in [6.07, 6.45) is 9.73. The molecule has 0 fully saturated rings. The zero-order valence-electron chi connectivity index (χ0n) is 6.64. The number of hydrogen-bond donors (Lipinski definition) is 1. The van der Waals surface area contributed by atoms with Gasteiger partial charge in [0, 0.05) is 12.4 Å². The summed E-state index contributed by atoms with van der Waals surface area (Å²) < 4.78 is 0.